The first-order valence-electron chi connectivity index (χ1n) is 9.15. The number of carbonyl (C=O) groups excluding carboxylic acids is 1. The number of hydrogen-bond donors (Lipinski definition) is 0. The molecule has 1 amide bonds. The van der Waals surface area contributed by atoms with E-state index in [-0.39, 0.29) is 12.5 Å². The smallest absolute Gasteiger partial charge is 0.434 e. The van der Waals surface area contributed by atoms with Crippen molar-refractivity contribution in [3.63, 3.8) is 0 Å². The van der Waals surface area contributed by atoms with Gasteiger partial charge in [0.1, 0.15) is 18.8 Å². The molecule has 2 aliphatic rings. The number of amides is 1. The number of alkyl halides is 1. The fraction of sp³-hybridized carbons (Fsp3) is 0.381. The maximum atomic E-state index is 15.0. The highest BCUT2D eigenvalue weighted by Gasteiger charge is 2.54. The molecule has 1 aliphatic heterocycles. The minimum absolute atomic E-state index is 0.0787. The van der Waals surface area contributed by atoms with Gasteiger partial charge in [-0.2, -0.15) is 5.06 Å². The van der Waals surface area contributed by atoms with Crippen LogP contribution in [-0.2, 0) is 27.5 Å². The molecular formula is C21H22FNO4. The summed E-state index contributed by atoms with van der Waals surface area (Å²) < 4.78 is 26.0. The first-order chi connectivity index (χ1) is 13.2. The Kier molecular flexibility index (Phi) is 5.36. The molecule has 2 aromatic rings. The van der Waals surface area contributed by atoms with E-state index >= 15 is 0 Å². The summed E-state index contributed by atoms with van der Waals surface area (Å²) in [4.78, 5) is 17.8. The number of hydroxylamine groups is 2. The number of halogens is 1. The van der Waals surface area contributed by atoms with Crippen LogP contribution in [0.15, 0.2) is 60.7 Å². The first-order valence-corrected chi connectivity index (χ1v) is 9.15. The van der Waals surface area contributed by atoms with E-state index in [0.717, 1.165) is 16.2 Å². The van der Waals surface area contributed by atoms with Crippen molar-refractivity contribution in [2.75, 3.05) is 6.61 Å². The predicted molar refractivity (Wildman–Crippen MR) is 96.2 cm³/mol. The summed E-state index contributed by atoms with van der Waals surface area (Å²) in [6.45, 7) is 0.781. The van der Waals surface area contributed by atoms with Gasteiger partial charge < -0.3 is 9.47 Å². The van der Waals surface area contributed by atoms with Gasteiger partial charge in [-0.05, 0) is 17.5 Å². The Morgan fingerprint density at radius 2 is 1.67 bits per heavy atom. The van der Waals surface area contributed by atoms with Gasteiger partial charge in [-0.15, -0.1) is 0 Å². The molecule has 2 fully saturated rings. The first kappa shape index (κ1) is 17.9. The zero-order valence-corrected chi connectivity index (χ0v) is 14.9. The summed E-state index contributed by atoms with van der Waals surface area (Å²) in [5.74, 6) is -0.0787. The summed E-state index contributed by atoms with van der Waals surface area (Å²) >= 11 is 0. The molecule has 4 atom stereocenters. The van der Waals surface area contributed by atoms with E-state index in [0.29, 0.717) is 19.6 Å². The summed E-state index contributed by atoms with van der Waals surface area (Å²) in [5, 5.41) is 1.06. The maximum absolute atomic E-state index is 15.0. The number of rotatable bonds is 5. The molecule has 1 saturated heterocycles. The molecule has 0 spiro atoms. The molecule has 0 N–H and O–H groups in total. The lowest BCUT2D eigenvalue weighted by atomic mass is 10.1. The van der Waals surface area contributed by atoms with Crippen molar-refractivity contribution in [1.82, 2.24) is 5.06 Å². The molecule has 0 radical (unpaired) electrons. The number of nitrogens with zero attached hydrogens (tertiary/aromatic N) is 1. The van der Waals surface area contributed by atoms with Crippen LogP contribution in [0, 0.1) is 5.92 Å². The van der Waals surface area contributed by atoms with Crippen molar-refractivity contribution in [3.8, 4) is 0 Å². The number of hydrogen-bond acceptors (Lipinski definition) is 4. The SMILES string of the molecule is O=C(OCc1ccccc1)N1OC[C@@H]2C[C@H](OCc3ccccc3)[C@@H](F)[C@@H]21. The van der Waals surface area contributed by atoms with Crippen molar-refractivity contribution in [3.05, 3.63) is 71.8 Å². The lowest BCUT2D eigenvalue weighted by molar-refractivity contribution is -0.134. The van der Waals surface area contributed by atoms with Crippen molar-refractivity contribution in [2.24, 2.45) is 5.92 Å². The third kappa shape index (κ3) is 3.96. The van der Waals surface area contributed by atoms with Crippen LogP contribution in [0.5, 0.6) is 0 Å². The highest BCUT2D eigenvalue weighted by atomic mass is 19.1. The van der Waals surface area contributed by atoms with Gasteiger partial charge in [0, 0.05) is 5.92 Å². The monoisotopic (exact) mass is 371 g/mol. The van der Waals surface area contributed by atoms with E-state index in [4.69, 9.17) is 14.3 Å². The van der Waals surface area contributed by atoms with Crippen molar-refractivity contribution in [2.45, 2.75) is 38.0 Å². The second-order valence-corrected chi connectivity index (χ2v) is 6.93. The molecule has 0 aromatic heterocycles. The molecule has 2 aromatic carbocycles. The average Bonchev–Trinajstić information content (AvgIpc) is 3.26. The fourth-order valence-corrected chi connectivity index (χ4v) is 3.69. The zero-order valence-electron chi connectivity index (χ0n) is 14.9. The minimum Gasteiger partial charge on any atom is -0.443 e. The van der Waals surface area contributed by atoms with E-state index in [9.17, 15) is 9.18 Å². The molecular weight excluding hydrogens is 349 g/mol. The van der Waals surface area contributed by atoms with Crippen molar-refractivity contribution >= 4 is 6.09 Å². The molecule has 142 valence electrons. The third-order valence-corrected chi connectivity index (χ3v) is 5.09. The average molecular weight is 371 g/mol. The van der Waals surface area contributed by atoms with Gasteiger partial charge in [-0.1, -0.05) is 60.7 Å². The van der Waals surface area contributed by atoms with Gasteiger partial charge in [0.15, 0.2) is 0 Å². The molecule has 1 heterocycles. The number of ether oxygens (including phenoxy) is 2. The van der Waals surface area contributed by atoms with Crippen LogP contribution in [0.3, 0.4) is 0 Å². The summed E-state index contributed by atoms with van der Waals surface area (Å²) in [7, 11) is 0. The Labute approximate surface area is 157 Å². The summed E-state index contributed by atoms with van der Waals surface area (Å²) in [5.41, 5.74) is 1.87. The van der Waals surface area contributed by atoms with Crippen LogP contribution in [0.1, 0.15) is 17.5 Å². The van der Waals surface area contributed by atoms with E-state index in [1.165, 1.54) is 0 Å². The van der Waals surface area contributed by atoms with Crippen molar-refractivity contribution < 1.29 is 23.5 Å². The quantitative estimate of drug-likeness (QED) is 0.800. The van der Waals surface area contributed by atoms with Gasteiger partial charge in [0.2, 0.25) is 0 Å². The molecule has 0 bridgehead atoms. The van der Waals surface area contributed by atoms with Crippen LogP contribution in [0.2, 0.25) is 0 Å². The highest BCUT2D eigenvalue weighted by molar-refractivity contribution is 5.67. The molecule has 1 aliphatic carbocycles. The van der Waals surface area contributed by atoms with Crippen LogP contribution in [-0.4, -0.2) is 36.1 Å². The van der Waals surface area contributed by atoms with E-state index < -0.39 is 24.4 Å². The van der Waals surface area contributed by atoms with Crippen LogP contribution >= 0.6 is 0 Å². The molecule has 6 heteroatoms. The predicted octanol–water partition coefficient (Wildman–Crippen LogP) is 3.88. The van der Waals surface area contributed by atoms with Gasteiger partial charge in [-0.3, -0.25) is 4.84 Å². The number of benzene rings is 2. The fourth-order valence-electron chi connectivity index (χ4n) is 3.69. The van der Waals surface area contributed by atoms with Gasteiger partial charge in [0.25, 0.3) is 0 Å². The summed E-state index contributed by atoms with van der Waals surface area (Å²) in [6, 6.07) is 18.4. The van der Waals surface area contributed by atoms with Crippen LogP contribution in [0.25, 0.3) is 0 Å². The Bertz CT molecular complexity index is 757. The van der Waals surface area contributed by atoms with E-state index in [1.807, 2.05) is 60.7 Å². The lowest BCUT2D eigenvalue weighted by Crippen LogP contribution is -2.42. The molecule has 0 unspecified atom stereocenters. The number of fused-ring (bicyclic) bond motifs is 1. The third-order valence-electron chi connectivity index (χ3n) is 5.09. The Morgan fingerprint density at radius 1 is 1.04 bits per heavy atom. The lowest BCUT2D eigenvalue weighted by Gasteiger charge is -2.24. The van der Waals surface area contributed by atoms with Crippen LogP contribution < -0.4 is 0 Å². The second-order valence-electron chi connectivity index (χ2n) is 6.93. The minimum atomic E-state index is -1.30. The Balaban J connectivity index is 1.33. The molecule has 5 nitrogen and oxygen atoms in total. The normalized spacial score (nSPS) is 26.8. The largest absolute Gasteiger partial charge is 0.443 e. The highest BCUT2D eigenvalue weighted by Crippen LogP contribution is 2.40. The topological polar surface area (TPSA) is 48.0 Å². The van der Waals surface area contributed by atoms with Crippen molar-refractivity contribution in [1.29, 1.82) is 0 Å². The molecule has 27 heavy (non-hydrogen) atoms. The van der Waals surface area contributed by atoms with Crippen LogP contribution in [0.4, 0.5) is 9.18 Å². The Hall–Kier alpha value is -2.44. The second kappa shape index (κ2) is 8.06. The molecule has 4 rings (SSSR count). The van der Waals surface area contributed by atoms with Gasteiger partial charge in [0.05, 0.1) is 19.3 Å². The van der Waals surface area contributed by atoms with E-state index in [1.54, 1.807) is 0 Å². The van der Waals surface area contributed by atoms with Gasteiger partial charge >= 0.3 is 6.09 Å². The van der Waals surface area contributed by atoms with Gasteiger partial charge in [-0.25, -0.2) is 9.18 Å². The maximum Gasteiger partial charge on any atom is 0.434 e. The Morgan fingerprint density at radius 3 is 2.33 bits per heavy atom. The van der Waals surface area contributed by atoms with E-state index in [2.05, 4.69) is 0 Å². The molecule has 1 saturated carbocycles. The number of carbonyl (C=O) groups is 1. The standard InChI is InChI=1S/C21H22FNO4/c22-19-18(25-12-15-7-3-1-4-8-15)11-17-14-27-23(20(17)19)21(24)26-13-16-9-5-2-6-10-16/h1-10,17-20H,11-14H2/t17-,18-,19+,20+/m0/s1. The zero-order chi connectivity index (χ0) is 18.6. The summed E-state index contributed by atoms with van der Waals surface area (Å²) in [6.07, 6.45) is -1.97.